The van der Waals surface area contributed by atoms with Gasteiger partial charge in [-0.25, -0.2) is 4.79 Å². The molecule has 1 aromatic carbocycles. The number of benzene rings is 1. The van der Waals surface area contributed by atoms with Gasteiger partial charge in [0, 0.05) is 17.5 Å². The number of imidazole rings is 1. The zero-order chi connectivity index (χ0) is 14.8. The molecule has 1 unspecified atom stereocenters. The average molecular weight is 366 g/mol. The van der Waals surface area contributed by atoms with Gasteiger partial charge in [0.2, 0.25) is 0 Å². The van der Waals surface area contributed by atoms with E-state index in [1.807, 2.05) is 18.2 Å². The van der Waals surface area contributed by atoms with Crippen molar-refractivity contribution in [3.63, 3.8) is 0 Å². The van der Waals surface area contributed by atoms with Crippen molar-refractivity contribution in [2.45, 2.75) is 19.4 Å². The molecule has 4 nitrogen and oxygen atoms in total. The molecule has 21 heavy (non-hydrogen) atoms. The Kier molecular flexibility index (Phi) is 4.28. The van der Waals surface area contributed by atoms with Gasteiger partial charge in [-0.2, -0.15) is 0 Å². The SMILES string of the molecule is CC(NCCc1ccc(Br)s1)c1ccc2[nH]c(=O)[nH]c2c1. The highest BCUT2D eigenvalue weighted by Gasteiger charge is 2.07. The van der Waals surface area contributed by atoms with Crippen LogP contribution in [0.3, 0.4) is 0 Å². The fourth-order valence-electron chi connectivity index (χ4n) is 2.34. The molecule has 3 rings (SSSR count). The molecule has 0 fully saturated rings. The largest absolute Gasteiger partial charge is 0.323 e. The van der Waals surface area contributed by atoms with Crippen LogP contribution in [0.1, 0.15) is 23.4 Å². The predicted molar refractivity (Wildman–Crippen MR) is 91.1 cm³/mol. The quantitative estimate of drug-likeness (QED) is 0.647. The van der Waals surface area contributed by atoms with Crippen molar-refractivity contribution in [2.75, 3.05) is 6.54 Å². The molecule has 0 amide bonds. The van der Waals surface area contributed by atoms with E-state index in [0.29, 0.717) is 0 Å². The summed E-state index contributed by atoms with van der Waals surface area (Å²) in [5.41, 5.74) is 2.71. The predicted octanol–water partition coefficient (Wildman–Crippen LogP) is 3.57. The molecule has 2 heterocycles. The Morgan fingerprint density at radius 2 is 2.05 bits per heavy atom. The third kappa shape index (κ3) is 3.45. The zero-order valence-corrected chi connectivity index (χ0v) is 14.0. The fraction of sp³-hybridized carbons (Fsp3) is 0.267. The first-order chi connectivity index (χ1) is 10.1. The number of fused-ring (bicyclic) bond motifs is 1. The lowest BCUT2D eigenvalue weighted by atomic mass is 10.1. The molecule has 0 spiro atoms. The Morgan fingerprint density at radius 1 is 1.24 bits per heavy atom. The minimum absolute atomic E-state index is 0.161. The fourth-order valence-corrected chi connectivity index (χ4v) is 3.82. The topological polar surface area (TPSA) is 60.7 Å². The third-order valence-corrected chi connectivity index (χ3v) is 5.17. The number of halogens is 1. The first kappa shape index (κ1) is 14.6. The van der Waals surface area contributed by atoms with Crippen LogP contribution in [0.15, 0.2) is 38.9 Å². The Balaban J connectivity index is 1.63. The van der Waals surface area contributed by atoms with Gasteiger partial charge in [-0.05, 0) is 59.1 Å². The van der Waals surface area contributed by atoms with Gasteiger partial charge in [-0.1, -0.05) is 6.07 Å². The summed E-state index contributed by atoms with van der Waals surface area (Å²) < 4.78 is 1.17. The highest BCUT2D eigenvalue weighted by atomic mass is 79.9. The monoisotopic (exact) mass is 365 g/mol. The van der Waals surface area contributed by atoms with E-state index in [1.165, 1.54) is 14.2 Å². The highest BCUT2D eigenvalue weighted by molar-refractivity contribution is 9.11. The van der Waals surface area contributed by atoms with E-state index in [1.54, 1.807) is 11.3 Å². The van der Waals surface area contributed by atoms with Gasteiger partial charge in [0.25, 0.3) is 0 Å². The van der Waals surface area contributed by atoms with Gasteiger partial charge in [0.05, 0.1) is 14.8 Å². The maximum Gasteiger partial charge on any atom is 0.323 e. The molecule has 110 valence electrons. The number of hydrogen-bond donors (Lipinski definition) is 3. The van der Waals surface area contributed by atoms with Crippen LogP contribution < -0.4 is 11.0 Å². The maximum atomic E-state index is 11.3. The van der Waals surface area contributed by atoms with E-state index in [9.17, 15) is 4.79 Å². The molecule has 0 aliphatic carbocycles. The minimum atomic E-state index is -0.161. The van der Waals surface area contributed by atoms with Gasteiger partial charge in [-0.3, -0.25) is 0 Å². The van der Waals surface area contributed by atoms with Gasteiger partial charge >= 0.3 is 5.69 Å². The summed E-state index contributed by atoms with van der Waals surface area (Å²) in [4.78, 5) is 18.2. The van der Waals surface area contributed by atoms with Crippen molar-refractivity contribution in [3.05, 3.63) is 55.0 Å². The van der Waals surface area contributed by atoms with Crippen molar-refractivity contribution in [2.24, 2.45) is 0 Å². The number of nitrogens with one attached hydrogen (secondary N) is 3. The summed E-state index contributed by atoms with van der Waals surface area (Å²) in [5, 5.41) is 3.52. The summed E-state index contributed by atoms with van der Waals surface area (Å²) in [6.45, 7) is 3.06. The Morgan fingerprint density at radius 3 is 2.81 bits per heavy atom. The van der Waals surface area contributed by atoms with Crippen LogP contribution in [-0.2, 0) is 6.42 Å². The van der Waals surface area contributed by atoms with Gasteiger partial charge in [0.1, 0.15) is 0 Å². The van der Waals surface area contributed by atoms with Crippen LogP contribution >= 0.6 is 27.3 Å². The molecule has 6 heteroatoms. The maximum absolute atomic E-state index is 11.3. The molecule has 3 N–H and O–H groups in total. The normalized spacial score (nSPS) is 12.9. The van der Waals surface area contributed by atoms with E-state index < -0.39 is 0 Å². The summed E-state index contributed by atoms with van der Waals surface area (Å²) in [6.07, 6.45) is 1.02. The smallest absolute Gasteiger partial charge is 0.310 e. The van der Waals surface area contributed by atoms with Crippen LogP contribution in [-0.4, -0.2) is 16.5 Å². The first-order valence-electron chi connectivity index (χ1n) is 6.81. The molecule has 0 saturated carbocycles. The Bertz CT molecular complexity index is 804. The molecule has 0 saturated heterocycles. The number of H-pyrrole nitrogens is 2. The zero-order valence-electron chi connectivity index (χ0n) is 11.6. The minimum Gasteiger partial charge on any atom is -0.310 e. The van der Waals surface area contributed by atoms with Gasteiger partial charge in [0.15, 0.2) is 0 Å². The van der Waals surface area contributed by atoms with Crippen molar-refractivity contribution < 1.29 is 0 Å². The van der Waals surface area contributed by atoms with E-state index in [2.05, 4.69) is 50.3 Å². The Labute approximate surface area is 134 Å². The van der Waals surface area contributed by atoms with E-state index in [4.69, 9.17) is 0 Å². The first-order valence-corrected chi connectivity index (χ1v) is 8.42. The number of thiophene rings is 1. The lowest BCUT2D eigenvalue weighted by Gasteiger charge is -2.14. The number of hydrogen-bond acceptors (Lipinski definition) is 3. The van der Waals surface area contributed by atoms with Crippen molar-refractivity contribution in [1.82, 2.24) is 15.3 Å². The molecule has 0 aliphatic heterocycles. The summed E-state index contributed by atoms with van der Waals surface area (Å²) in [7, 11) is 0. The molecule has 0 bridgehead atoms. The van der Waals surface area contributed by atoms with Crippen molar-refractivity contribution >= 4 is 38.3 Å². The van der Waals surface area contributed by atoms with Gasteiger partial charge < -0.3 is 15.3 Å². The lowest BCUT2D eigenvalue weighted by molar-refractivity contribution is 0.579. The molecule has 3 aromatic rings. The second-order valence-corrected chi connectivity index (χ2v) is 7.56. The molecule has 0 aliphatic rings. The van der Waals surface area contributed by atoms with Crippen LogP contribution in [0, 0.1) is 0 Å². The number of aromatic nitrogens is 2. The van der Waals surface area contributed by atoms with Crippen LogP contribution in [0.2, 0.25) is 0 Å². The summed E-state index contributed by atoms with van der Waals surface area (Å²) >= 11 is 5.25. The van der Waals surface area contributed by atoms with Crippen molar-refractivity contribution in [1.29, 1.82) is 0 Å². The Hall–Kier alpha value is -1.37. The number of rotatable bonds is 5. The standard InChI is InChI=1S/C15H16BrN3OS/c1-9(17-7-6-11-3-5-14(16)21-11)10-2-4-12-13(8-10)19-15(20)18-12/h2-5,8-9,17H,6-7H2,1H3,(H2,18,19,20). The van der Waals surface area contributed by atoms with Gasteiger partial charge in [-0.15, -0.1) is 11.3 Å². The molecule has 2 aromatic heterocycles. The van der Waals surface area contributed by atoms with E-state index >= 15 is 0 Å². The van der Waals surface area contributed by atoms with Crippen LogP contribution in [0.4, 0.5) is 0 Å². The molecule has 0 radical (unpaired) electrons. The van der Waals surface area contributed by atoms with Crippen LogP contribution in [0.25, 0.3) is 11.0 Å². The second-order valence-electron chi connectivity index (χ2n) is 5.02. The lowest BCUT2D eigenvalue weighted by Crippen LogP contribution is -2.21. The second kappa shape index (κ2) is 6.17. The summed E-state index contributed by atoms with van der Waals surface area (Å²) in [6, 6.07) is 10.5. The molecular weight excluding hydrogens is 350 g/mol. The van der Waals surface area contributed by atoms with E-state index in [-0.39, 0.29) is 11.7 Å². The van der Waals surface area contributed by atoms with Crippen LogP contribution in [0.5, 0.6) is 0 Å². The third-order valence-electron chi connectivity index (χ3n) is 3.49. The van der Waals surface area contributed by atoms with Crippen molar-refractivity contribution in [3.8, 4) is 0 Å². The highest BCUT2D eigenvalue weighted by Crippen LogP contribution is 2.22. The number of aromatic amines is 2. The van der Waals surface area contributed by atoms with E-state index in [0.717, 1.165) is 24.0 Å². The summed E-state index contributed by atoms with van der Waals surface area (Å²) in [5.74, 6) is 0. The average Bonchev–Trinajstić information content (AvgIpc) is 3.02. The molecular formula is C15H16BrN3OS. The molecule has 1 atom stereocenters.